The Morgan fingerprint density at radius 3 is 2.68 bits per heavy atom. The van der Waals surface area contributed by atoms with Gasteiger partial charge in [-0.2, -0.15) is 0 Å². The van der Waals surface area contributed by atoms with E-state index in [0.29, 0.717) is 12.3 Å². The smallest absolute Gasteiger partial charge is 0.254 e. The number of anilines is 1. The van der Waals surface area contributed by atoms with Crippen LogP contribution in [0.5, 0.6) is 5.75 Å². The molecule has 2 aromatic carbocycles. The fourth-order valence-electron chi connectivity index (χ4n) is 4.14. The molecule has 1 spiro atoms. The van der Waals surface area contributed by atoms with Crippen LogP contribution in [0.4, 0.5) is 10.1 Å². The third-order valence-electron chi connectivity index (χ3n) is 6.04. The van der Waals surface area contributed by atoms with Gasteiger partial charge in [0.15, 0.2) is 0 Å². The first kappa shape index (κ1) is 18.5. The summed E-state index contributed by atoms with van der Waals surface area (Å²) in [4.78, 5) is 24.7. The Kier molecular flexibility index (Phi) is 4.37. The Balaban J connectivity index is 1.57. The Bertz CT molecular complexity index is 988. The molecule has 1 heterocycles. The number of carbonyl (C=O) groups is 2. The molecule has 0 aromatic heterocycles. The lowest BCUT2D eigenvalue weighted by atomic mass is 9.85. The molecule has 1 fully saturated rings. The molecule has 2 aromatic rings. The lowest BCUT2D eigenvalue weighted by molar-refractivity contribution is -0.117. The number of nitrogens with one attached hydrogen (secondary N) is 2. The minimum atomic E-state index is -0.621. The summed E-state index contributed by atoms with van der Waals surface area (Å²) in [7, 11) is 1.44. The molecule has 0 saturated heterocycles. The number of halogens is 1. The van der Waals surface area contributed by atoms with Crippen LogP contribution < -0.4 is 15.4 Å². The fraction of sp³-hybridized carbons (Fsp3) is 0.364. The maximum Gasteiger partial charge on any atom is 0.254 e. The molecule has 146 valence electrons. The Morgan fingerprint density at radius 1 is 1.18 bits per heavy atom. The van der Waals surface area contributed by atoms with E-state index < -0.39 is 11.7 Å². The number of benzene rings is 2. The van der Waals surface area contributed by atoms with Gasteiger partial charge in [-0.15, -0.1) is 0 Å². The van der Waals surface area contributed by atoms with Crippen LogP contribution in [-0.4, -0.2) is 25.5 Å². The van der Waals surface area contributed by atoms with Crippen molar-refractivity contribution < 1.29 is 18.7 Å². The van der Waals surface area contributed by atoms with E-state index in [1.54, 1.807) is 0 Å². The van der Waals surface area contributed by atoms with Crippen LogP contribution in [0.1, 0.15) is 39.9 Å². The first-order chi connectivity index (χ1) is 13.4. The third kappa shape index (κ3) is 2.93. The molecule has 5 nitrogen and oxygen atoms in total. The highest BCUT2D eigenvalue weighted by Gasteiger charge is 2.61. The molecule has 2 amide bonds. The zero-order chi connectivity index (χ0) is 20.1. The van der Waals surface area contributed by atoms with Crippen molar-refractivity contribution in [2.45, 2.75) is 32.1 Å². The number of fused-ring (bicyclic) bond motifs is 2. The van der Waals surface area contributed by atoms with Gasteiger partial charge in [-0.05, 0) is 62.1 Å². The van der Waals surface area contributed by atoms with E-state index in [-0.39, 0.29) is 22.8 Å². The second kappa shape index (κ2) is 6.62. The standard InChI is InChI=1S/C22H23FN2O3/c1-12-8-16-19(9-13(12)2)28-7-6-22(16)11-17(22)21(27)25-14-4-5-18(23)15(10-14)20(26)24-3/h4-5,8-10,17H,6-7,11H2,1-3H3,(H,24,26)(H,25,27)/t17-,22-/m0/s1. The van der Waals surface area contributed by atoms with Crippen LogP contribution in [0.15, 0.2) is 30.3 Å². The largest absolute Gasteiger partial charge is 0.493 e. The molecule has 0 bridgehead atoms. The molecular weight excluding hydrogens is 359 g/mol. The summed E-state index contributed by atoms with van der Waals surface area (Å²) in [5.74, 6) is -0.551. The van der Waals surface area contributed by atoms with Gasteiger partial charge in [-0.25, -0.2) is 4.39 Å². The average molecular weight is 382 g/mol. The van der Waals surface area contributed by atoms with Crippen molar-refractivity contribution in [2.24, 2.45) is 5.92 Å². The maximum absolute atomic E-state index is 13.8. The number of hydrogen-bond donors (Lipinski definition) is 2. The van der Waals surface area contributed by atoms with Gasteiger partial charge in [0.25, 0.3) is 5.91 Å². The summed E-state index contributed by atoms with van der Waals surface area (Å²) in [6.07, 6.45) is 1.56. The highest BCUT2D eigenvalue weighted by Crippen LogP contribution is 2.61. The molecule has 28 heavy (non-hydrogen) atoms. The summed E-state index contributed by atoms with van der Waals surface area (Å²) in [5.41, 5.74) is 3.59. The van der Waals surface area contributed by atoms with Gasteiger partial charge in [0, 0.05) is 29.6 Å². The molecular formula is C22H23FN2O3. The minimum Gasteiger partial charge on any atom is -0.493 e. The SMILES string of the molecule is CNC(=O)c1cc(NC(=O)[C@@H]2C[C@]23CCOc2cc(C)c(C)cc23)ccc1F. The van der Waals surface area contributed by atoms with E-state index in [4.69, 9.17) is 4.74 Å². The predicted molar refractivity (Wildman–Crippen MR) is 104 cm³/mol. The summed E-state index contributed by atoms with van der Waals surface area (Å²) in [6.45, 7) is 4.71. The van der Waals surface area contributed by atoms with E-state index in [1.807, 2.05) is 0 Å². The molecule has 2 aliphatic rings. The van der Waals surface area contributed by atoms with Crippen LogP contribution in [0.3, 0.4) is 0 Å². The molecule has 1 aliphatic heterocycles. The van der Waals surface area contributed by atoms with Crippen molar-refractivity contribution in [1.29, 1.82) is 0 Å². The Morgan fingerprint density at radius 2 is 1.93 bits per heavy atom. The quantitative estimate of drug-likeness (QED) is 0.854. The van der Waals surface area contributed by atoms with E-state index in [2.05, 4.69) is 36.6 Å². The van der Waals surface area contributed by atoms with Crippen molar-refractivity contribution in [3.05, 3.63) is 58.4 Å². The zero-order valence-corrected chi connectivity index (χ0v) is 16.2. The second-order valence-electron chi connectivity index (χ2n) is 7.71. The van der Waals surface area contributed by atoms with Crippen LogP contribution >= 0.6 is 0 Å². The molecule has 0 radical (unpaired) electrons. The molecule has 2 atom stereocenters. The van der Waals surface area contributed by atoms with Crippen molar-refractivity contribution >= 4 is 17.5 Å². The number of carbonyl (C=O) groups excluding carboxylic acids is 2. The molecule has 4 rings (SSSR count). The van der Waals surface area contributed by atoms with Gasteiger partial charge in [-0.1, -0.05) is 6.07 Å². The second-order valence-corrected chi connectivity index (χ2v) is 7.71. The third-order valence-corrected chi connectivity index (χ3v) is 6.04. The summed E-state index contributed by atoms with van der Waals surface area (Å²) < 4.78 is 19.7. The number of ether oxygens (including phenoxy) is 1. The normalized spacial score (nSPS) is 22.2. The lowest BCUT2D eigenvalue weighted by Crippen LogP contribution is -2.27. The summed E-state index contributed by atoms with van der Waals surface area (Å²) in [6, 6.07) is 8.22. The van der Waals surface area contributed by atoms with Crippen LogP contribution in [-0.2, 0) is 10.2 Å². The summed E-state index contributed by atoms with van der Waals surface area (Å²) >= 11 is 0. The number of aryl methyl sites for hydroxylation is 2. The van der Waals surface area contributed by atoms with Crippen LogP contribution in [0.25, 0.3) is 0 Å². The van der Waals surface area contributed by atoms with Crippen molar-refractivity contribution in [2.75, 3.05) is 19.0 Å². The molecule has 1 saturated carbocycles. The highest BCUT2D eigenvalue weighted by atomic mass is 19.1. The molecule has 2 N–H and O–H groups in total. The lowest BCUT2D eigenvalue weighted by Gasteiger charge is -2.28. The van der Waals surface area contributed by atoms with Gasteiger partial charge in [0.05, 0.1) is 12.2 Å². The van der Waals surface area contributed by atoms with E-state index in [9.17, 15) is 14.0 Å². The van der Waals surface area contributed by atoms with Crippen LogP contribution in [0, 0.1) is 25.6 Å². The average Bonchev–Trinajstić information content (AvgIpc) is 3.39. The van der Waals surface area contributed by atoms with E-state index in [1.165, 1.54) is 36.4 Å². The van der Waals surface area contributed by atoms with Gasteiger partial charge in [-0.3, -0.25) is 9.59 Å². The van der Waals surface area contributed by atoms with Gasteiger partial charge < -0.3 is 15.4 Å². The molecule has 6 heteroatoms. The van der Waals surface area contributed by atoms with Gasteiger partial charge >= 0.3 is 0 Å². The van der Waals surface area contributed by atoms with E-state index in [0.717, 1.165) is 24.2 Å². The zero-order valence-electron chi connectivity index (χ0n) is 16.2. The van der Waals surface area contributed by atoms with Gasteiger partial charge in [0.2, 0.25) is 5.91 Å². The van der Waals surface area contributed by atoms with Crippen molar-refractivity contribution in [3.63, 3.8) is 0 Å². The predicted octanol–water partition coefficient (Wildman–Crippen LogP) is 3.48. The van der Waals surface area contributed by atoms with Crippen molar-refractivity contribution in [1.82, 2.24) is 5.32 Å². The highest BCUT2D eigenvalue weighted by molar-refractivity contribution is 5.99. The number of amides is 2. The van der Waals surface area contributed by atoms with Crippen LogP contribution in [0.2, 0.25) is 0 Å². The molecule has 1 aliphatic carbocycles. The first-order valence-corrected chi connectivity index (χ1v) is 9.43. The number of rotatable bonds is 3. The molecule has 0 unspecified atom stereocenters. The Hall–Kier alpha value is -2.89. The monoisotopic (exact) mass is 382 g/mol. The topological polar surface area (TPSA) is 67.4 Å². The maximum atomic E-state index is 13.8. The fourth-order valence-corrected chi connectivity index (χ4v) is 4.14. The summed E-state index contributed by atoms with van der Waals surface area (Å²) in [5, 5.41) is 5.25. The Labute approximate surface area is 163 Å². The van der Waals surface area contributed by atoms with Crippen molar-refractivity contribution in [3.8, 4) is 5.75 Å². The van der Waals surface area contributed by atoms with E-state index >= 15 is 0 Å². The number of hydrogen-bond acceptors (Lipinski definition) is 3. The van der Waals surface area contributed by atoms with Gasteiger partial charge in [0.1, 0.15) is 11.6 Å². The minimum absolute atomic E-state index is 0.0895. The first-order valence-electron chi connectivity index (χ1n) is 9.43.